The van der Waals surface area contributed by atoms with Gasteiger partial charge in [0.25, 0.3) is 0 Å². The predicted molar refractivity (Wildman–Crippen MR) is 123 cm³/mol. The summed E-state index contributed by atoms with van der Waals surface area (Å²) in [4.78, 5) is 4.82. The van der Waals surface area contributed by atoms with E-state index in [0.29, 0.717) is 24.2 Å². The van der Waals surface area contributed by atoms with Crippen LogP contribution in [0.2, 0.25) is 0 Å². The van der Waals surface area contributed by atoms with E-state index >= 15 is 0 Å². The van der Waals surface area contributed by atoms with Crippen LogP contribution in [-0.2, 0) is 0 Å². The Kier molecular flexibility index (Phi) is 6.20. The lowest BCUT2D eigenvalue weighted by molar-refractivity contribution is -0.274. The number of fused-ring (bicyclic) bond motifs is 1. The average Bonchev–Trinajstić information content (AvgIpc) is 3.04. The molecule has 1 aliphatic rings. The Morgan fingerprint density at radius 2 is 1.79 bits per heavy atom. The molecule has 1 aromatic heterocycles. The van der Waals surface area contributed by atoms with E-state index in [1.807, 2.05) is 25.1 Å². The fourth-order valence-corrected chi connectivity index (χ4v) is 5.15. The van der Waals surface area contributed by atoms with Crippen LogP contribution < -0.4 is 14.8 Å². The molecule has 5 nitrogen and oxygen atoms in total. The van der Waals surface area contributed by atoms with Crippen LogP contribution in [0.5, 0.6) is 11.5 Å². The fourth-order valence-electron chi connectivity index (χ4n) is 5.15. The van der Waals surface area contributed by atoms with Gasteiger partial charge in [-0.1, -0.05) is 20.8 Å². The van der Waals surface area contributed by atoms with Gasteiger partial charge >= 0.3 is 6.36 Å². The molecule has 8 heteroatoms. The van der Waals surface area contributed by atoms with Gasteiger partial charge in [-0.05, 0) is 73.9 Å². The van der Waals surface area contributed by atoms with E-state index in [1.54, 1.807) is 12.1 Å². The van der Waals surface area contributed by atoms with Crippen LogP contribution >= 0.6 is 0 Å². The van der Waals surface area contributed by atoms with Crippen molar-refractivity contribution in [2.24, 2.45) is 11.3 Å². The van der Waals surface area contributed by atoms with Gasteiger partial charge in [-0.3, -0.25) is 0 Å². The smallest absolute Gasteiger partial charge is 0.494 e. The molecule has 1 aliphatic carbocycles. The Bertz CT molecular complexity index is 1110. The molecule has 2 atom stereocenters. The molecule has 2 aromatic carbocycles. The Morgan fingerprint density at radius 3 is 2.42 bits per heavy atom. The number of nitrogens with one attached hydrogen (secondary N) is 1. The van der Waals surface area contributed by atoms with Crippen molar-refractivity contribution in [3.05, 3.63) is 42.5 Å². The van der Waals surface area contributed by atoms with E-state index in [0.717, 1.165) is 29.6 Å². The second kappa shape index (κ2) is 8.80. The Balaban J connectivity index is 1.72. The van der Waals surface area contributed by atoms with Crippen molar-refractivity contribution in [1.29, 1.82) is 0 Å². The molecule has 0 amide bonds. The number of halogens is 3. The molecule has 178 valence electrons. The van der Waals surface area contributed by atoms with Crippen LogP contribution in [0.1, 0.15) is 53.0 Å². The number of ether oxygens (including phenoxy) is 2. The van der Waals surface area contributed by atoms with Gasteiger partial charge in [-0.25, -0.2) is 4.98 Å². The molecule has 1 heterocycles. The van der Waals surface area contributed by atoms with E-state index in [4.69, 9.17) is 9.72 Å². The summed E-state index contributed by atoms with van der Waals surface area (Å²) in [5, 5.41) is 3.32. The quantitative estimate of drug-likeness (QED) is 0.414. The van der Waals surface area contributed by atoms with Gasteiger partial charge in [-0.15, -0.1) is 13.2 Å². The fraction of sp³-hybridized carbons (Fsp3) is 0.480. The molecule has 4 rings (SSSR count). The summed E-state index contributed by atoms with van der Waals surface area (Å²) in [6.07, 6.45) is -1.51. The van der Waals surface area contributed by atoms with Crippen LogP contribution in [0, 0.1) is 11.3 Å². The first-order chi connectivity index (χ1) is 15.5. The zero-order valence-corrected chi connectivity index (χ0v) is 19.4. The minimum absolute atomic E-state index is 0.199. The lowest BCUT2D eigenvalue weighted by Crippen LogP contribution is -2.29. The van der Waals surface area contributed by atoms with Crippen molar-refractivity contribution < 1.29 is 22.6 Å². The number of imidazole rings is 1. The van der Waals surface area contributed by atoms with Crippen molar-refractivity contribution >= 4 is 22.7 Å². The van der Waals surface area contributed by atoms with E-state index in [1.165, 1.54) is 18.6 Å². The third-order valence-electron chi connectivity index (χ3n) is 6.04. The molecule has 3 aromatic rings. The summed E-state index contributed by atoms with van der Waals surface area (Å²) >= 11 is 0. The summed E-state index contributed by atoms with van der Waals surface area (Å²) in [7, 11) is 0. The monoisotopic (exact) mass is 461 g/mol. The molecule has 0 bridgehead atoms. The van der Waals surface area contributed by atoms with Crippen LogP contribution in [-0.4, -0.2) is 22.5 Å². The third kappa shape index (κ3) is 5.54. The number of anilines is 2. The van der Waals surface area contributed by atoms with Gasteiger partial charge in [0.15, 0.2) is 0 Å². The number of rotatable bonds is 6. The number of alkyl halides is 3. The molecule has 0 spiro atoms. The normalized spacial score (nSPS) is 20.6. The maximum absolute atomic E-state index is 12.5. The van der Waals surface area contributed by atoms with Crippen molar-refractivity contribution in [1.82, 2.24) is 9.55 Å². The summed E-state index contributed by atoms with van der Waals surface area (Å²) < 4.78 is 49.4. The van der Waals surface area contributed by atoms with Crippen molar-refractivity contribution in [2.75, 3.05) is 11.9 Å². The average molecular weight is 462 g/mol. The largest absolute Gasteiger partial charge is 0.573 e. The molecule has 0 unspecified atom stereocenters. The first kappa shape index (κ1) is 23.3. The van der Waals surface area contributed by atoms with Gasteiger partial charge in [0.05, 0.1) is 17.6 Å². The van der Waals surface area contributed by atoms with Crippen LogP contribution in [0.25, 0.3) is 11.0 Å². The van der Waals surface area contributed by atoms with Crippen LogP contribution in [0.3, 0.4) is 0 Å². The minimum atomic E-state index is -4.72. The Hall–Kier alpha value is -2.90. The van der Waals surface area contributed by atoms with Crippen LogP contribution in [0.15, 0.2) is 42.5 Å². The Morgan fingerprint density at radius 1 is 1.09 bits per heavy atom. The van der Waals surface area contributed by atoms with E-state index in [9.17, 15) is 13.2 Å². The first-order valence-corrected chi connectivity index (χ1v) is 11.3. The van der Waals surface area contributed by atoms with Crippen molar-refractivity contribution in [2.45, 2.75) is 59.4 Å². The maximum atomic E-state index is 12.5. The molecular formula is C25H30F3N3O2. The number of benzene rings is 2. The van der Waals surface area contributed by atoms with Crippen molar-refractivity contribution in [3.8, 4) is 11.5 Å². The van der Waals surface area contributed by atoms with E-state index in [-0.39, 0.29) is 17.2 Å². The highest BCUT2D eigenvalue weighted by atomic mass is 19.4. The van der Waals surface area contributed by atoms with Gasteiger partial charge < -0.3 is 19.4 Å². The summed E-state index contributed by atoms with van der Waals surface area (Å²) in [5.41, 5.74) is 2.66. The standard InChI is InChI=1S/C25H30F3N3O2/c1-5-32-20-10-11-21-22(13-20)31(18-12-16(2)14-24(3,4)15-18)23(30-21)29-17-6-8-19(9-7-17)33-25(26,27)28/h6-11,13,16,18H,5,12,14-15H2,1-4H3,(H,29,30)/t16-,18+/m1/s1. The van der Waals surface area contributed by atoms with Gasteiger partial charge in [0.1, 0.15) is 11.5 Å². The summed E-state index contributed by atoms with van der Waals surface area (Å²) in [6.45, 7) is 9.40. The minimum Gasteiger partial charge on any atom is -0.494 e. The third-order valence-corrected chi connectivity index (χ3v) is 6.04. The molecule has 1 fully saturated rings. The Labute approximate surface area is 191 Å². The molecule has 0 aliphatic heterocycles. The highest BCUT2D eigenvalue weighted by Gasteiger charge is 2.35. The lowest BCUT2D eigenvalue weighted by Gasteiger charge is -2.40. The summed E-state index contributed by atoms with van der Waals surface area (Å²) in [5.74, 6) is 1.76. The molecule has 0 saturated heterocycles. The molecule has 0 radical (unpaired) electrons. The van der Waals surface area contributed by atoms with Crippen molar-refractivity contribution in [3.63, 3.8) is 0 Å². The molecular weight excluding hydrogens is 431 g/mol. The molecule has 1 N–H and O–H groups in total. The van der Waals surface area contributed by atoms with Gasteiger partial charge in [0.2, 0.25) is 5.95 Å². The van der Waals surface area contributed by atoms with Gasteiger partial charge in [0, 0.05) is 17.8 Å². The van der Waals surface area contributed by atoms with Crippen LogP contribution in [0.4, 0.5) is 24.8 Å². The molecule has 1 saturated carbocycles. The van der Waals surface area contributed by atoms with E-state index in [2.05, 4.69) is 35.4 Å². The number of hydrogen-bond acceptors (Lipinski definition) is 4. The zero-order valence-electron chi connectivity index (χ0n) is 19.4. The number of nitrogens with zero attached hydrogens (tertiary/aromatic N) is 2. The number of aromatic nitrogens is 2. The molecule has 33 heavy (non-hydrogen) atoms. The van der Waals surface area contributed by atoms with Gasteiger partial charge in [-0.2, -0.15) is 0 Å². The topological polar surface area (TPSA) is 48.3 Å². The zero-order chi connectivity index (χ0) is 23.8. The highest BCUT2D eigenvalue weighted by Crippen LogP contribution is 2.46. The first-order valence-electron chi connectivity index (χ1n) is 11.3. The predicted octanol–water partition coefficient (Wildman–Crippen LogP) is 7.46. The second-order valence-corrected chi connectivity index (χ2v) is 9.65. The highest BCUT2D eigenvalue weighted by molar-refractivity contribution is 5.81. The summed E-state index contributed by atoms with van der Waals surface area (Å²) in [6, 6.07) is 11.8. The number of hydrogen-bond donors (Lipinski definition) is 1. The lowest BCUT2D eigenvalue weighted by atomic mass is 9.70. The maximum Gasteiger partial charge on any atom is 0.573 e. The van der Waals surface area contributed by atoms with E-state index < -0.39 is 6.36 Å². The SMILES string of the molecule is CCOc1ccc2nc(Nc3ccc(OC(F)(F)F)cc3)n([C@H]3C[C@@H](C)CC(C)(C)C3)c2c1. The second-order valence-electron chi connectivity index (χ2n) is 9.65.